The Hall–Kier alpha value is -0.490. The molecule has 2 N–H and O–H groups in total. The number of hydrogen-bond acceptors (Lipinski definition) is 4. The molecule has 32 heavy (non-hydrogen) atoms. The Morgan fingerprint density at radius 2 is 1.72 bits per heavy atom. The van der Waals surface area contributed by atoms with Crippen molar-refractivity contribution in [3.05, 3.63) is 5.21 Å². The fraction of sp³-hybridized carbons (Fsp3) is 0.963. The Labute approximate surface area is 193 Å². The summed E-state index contributed by atoms with van der Waals surface area (Å²) in [5.74, 6) is 3.37. The van der Waals surface area contributed by atoms with Crippen LogP contribution in [0.3, 0.4) is 0 Å². The van der Waals surface area contributed by atoms with Crippen molar-refractivity contribution in [2.45, 2.75) is 96.3 Å². The van der Waals surface area contributed by atoms with E-state index in [4.69, 9.17) is 0 Å². The Morgan fingerprint density at radius 3 is 2.50 bits per heavy atom. The zero-order valence-electron chi connectivity index (χ0n) is 20.2. The Balaban J connectivity index is 1.33. The first-order valence-corrected chi connectivity index (χ1v) is 13.6. The number of carbonyl (C=O) groups is 1. The first-order valence-electron chi connectivity index (χ1n) is 13.6. The van der Waals surface area contributed by atoms with Crippen molar-refractivity contribution in [2.24, 2.45) is 52.8 Å². The maximum absolute atomic E-state index is 14.2. The molecule has 0 spiro atoms. The summed E-state index contributed by atoms with van der Waals surface area (Å²) in [5, 5.41) is 36.3. The first kappa shape index (κ1) is 22.0. The minimum Gasteiger partial charge on any atom is -0.633 e. The van der Waals surface area contributed by atoms with Crippen molar-refractivity contribution >= 4 is 5.78 Å². The molecule has 180 valence electrons. The van der Waals surface area contributed by atoms with Crippen molar-refractivity contribution in [2.75, 3.05) is 13.1 Å². The number of hydroxylamine groups is 3. The third-order valence-corrected chi connectivity index (χ3v) is 12.1. The van der Waals surface area contributed by atoms with E-state index in [1.807, 2.05) is 6.92 Å². The number of quaternary nitrogens is 1. The summed E-state index contributed by atoms with van der Waals surface area (Å²) >= 11 is 0. The van der Waals surface area contributed by atoms with E-state index in [2.05, 4.69) is 13.8 Å². The van der Waals surface area contributed by atoms with Gasteiger partial charge in [-0.1, -0.05) is 13.8 Å². The standard InChI is InChI=1S/C27H43NO4/c1-15-4-7-25-27(3,31)21-6-5-17-18(20(21)14-28(25,32)13-15)11-22-19(17)12-24(30)23-10-16(29)8-9-26(22,23)2/h15-23,25,29,31H,4-14H2,1-3H3/t15-,16-,17+,18+,19-,20-,21-,22-,23+,25-,26+,27-,28-/m0/s1. The molecule has 5 nitrogen and oxygen atoms in total. The molecule has 2 heterocycles. The predicted octanol–water partition coefficient (Wildman–Crippen LogP) is 3.90. The van der Waals surface area contributed by atoms with Gasteiger partial charge >= 0.3 is 0 Å². The number of fused-ring (bicyclic) bond motifs is 8. The van der Waals surface area contributed by atoms with Crippen LogP contribution in [0.15, 0.2) is 0 Å². The monoisotopic (exact) mass is 445 g/mol. The molecule has 13 atom stereocenters. The van der Waals surface area contributed by atoms with Crippen LogP contribution in [0, 0.1) is 58.0 Å². The highest BCUT2D eigenvalue weighted by molar-refractivity contribution is 5.83. The van der Waals surface area contributed by atoms with Crippen LogP contribution in [0.4, 0.5) is 0 Å². The molecular weight excluding hydrogens is 402 g/mol. The van der Waals surface area contributed by atoms with E-state index in [0.717, 1.165) is 44.9 Å². The normalized spacial score (nSPS) is 61.8. The number of carbonyl (C=O) groups excluding carboxylic acids is 1. The third-order valence-electron chi connectivity index (χ3n) is 12.1. The molecule has 0 aromatic carbocycles. The van der Waals surface area contributed by atoms with Crippen LogP contribution in [0.5, 0.6) is 0 Å². The molecule has 4 saturated carbocycles. The lowest BCUT2D eigenvalue weighted by atomic mass is 9.51. The zero-order chi connectivity index (χ0) is 22.6. The SMILES string of the molecule is C[C@H]1CC[C@H]2[C@@](C)(O)[C@H]3CC[C@@H]4[C@@H](C[C@H]5[C@H]4CC(=O)[C@H]4C[C@@H](O)CC[C@@]45C)[C@@H]3C[N@@+]2([O-])C1. The lowest BCUT2D eigenvalue weighted by molar-refractivity contribution is -0.933. The molecule has 6 rings (SSSR count). The second-order valence-corrected chi connectivity index (χ2v) is 13.6. The van der Waals surface area contributed by atoms with E-state index in [9.17, 15) is 20.2 Å². The van der Waals surface area contributed by atoms with Gasteiger partial charge in [0.2, 0.25) is 0 Å². The second kappa shape index (κ2) is 7.02. The van der Waals surface area contributed by atoms with Crippen molar-refractivity contribution in [3.8, 4) is 0 Å². The van der Waals surface area contributed by atoms with Crippen LogP contribution in [0.2, 0.25) is 0 Å². The molecule has 0 radical (unpaired) electrons. The summed E-state index contributed by atoms with van der Waals surface area (Å²) < 4.78 is -0.182. The number of piperidine rings is 2. The number of hydrogen-bond donors (Lipinski definition) is 2. The minimum atomic E-state index is -0.874. The third kappa shape index (κ3) is 2.86. The van der Waals surface area contributed by atoms with Gasteiger partial charge in [0.05, 0.1) is 19.2 Å². The van der Waals surface area contributed by atoms with Gasteiger partial charge in [-0.15, -0.1) is 0 Å². The molecule has 4 aliphatic carbocycles. The summed E-state index contributed by atoms with van der Waals surface area (Å²) in [6.07, 6.45) is 7.96. The van der Waals surface area contributed by atoms with Crippen molar-refractivity contribution in [1.82, 2.24) is 0 Å². The van der Waals surface area contributed by atoms with E-state index < -0.39 is 5.60 Å². The van der Waals surface area contributed by atoms with Gasteiger partial charge in [-0.05, 0) is 81.0 Å². The van der Waals surface area contributed by atoms with Gasteiger partial charge in [0.25, 0.3) is 0 Å². The van der Waals surface area contributed by atoms with Gasteiger partial charge in [0, 0.05) is 36.5 Å². The second-order valence-electron chi connectivity index (χ2n) is 13.6. The highest BCUT2D eigenvalue weighted by atomic mass is 16.6. The molecular formula is C27H43NO4. The highest BCUT2D eigenvalue weighted by Gasteiger charge is 2.66. The molecule has 2 aliphatic heterocycles. The van der Waals surface area contributed by atoms with Crippen LogP contribution in [0.25, 0.3) is 0 Å². The molecule has 0 aromatic heterocycles. The molecule has 0 bridgehead atoms. The van der Waals surface area contributed by atoms with Crippen LogP contribution >= 0.6 is 0 Å². The Bertz CT molecular complexity index is 794. The fourth-order valence-corrected chi connectivity index (χ4v) is 10.7. The van der Waals surface area contributed by atoms with E-state index in [0.29, 0.717) is 67.2 Å². The summed E-state index contributed by atoms with van der Waals surface area (Å²) in [5.41, 5.74) is -0.865. The van der Waals surface area contributed by atoms with Gasteiger partial charge in [0.15, 0.2) is 0 Å². The fourth-order valence-electron chi connectivity index (χ4n) is 10.7. The topological polar surface area (TPSA) is 80.6 Å². The van der Waals surface area contributed by atoms with Gasteiger partial charge in [0.1, 0.15) is 17.4 Å². The van der Waals surface area contributed by atoms with Gasteiger partial charge in [-0.25, -0.2) is 0 Å². The van der Waals surface area contributed by atoms with Gasteiger partial charge in [-0.2, -0.15) is 0 Å². The first-order chi connectivity index (χ1) is 15.0. The summed E-state index contributed by atoms with van der Waals surface area (Å²) in [6, 6.07) is -0.163. The molecule has 6 fully saturated rings. The molecule has 2 saturated heterocycles. The summed E-state index contributed by atoms with van der Waals surface area (Å²) in [4.78, 5) is 13.3. The van der Waals surface area contributed by atoms with E-state index >= 15 is 0 Å². The summed E-state index contributed by atoms with van der Waals surface area (Å²) in [7, 11) is 0. The zero-order valence-corrected chi connectivity index (χ0v) is 20.2. The Kier molecular flexibility index (Phi) is 4.83. The number of Topliss-reactive ketones (excluding diaryl/α,β-unsaturated/α-hetero) is 1. The maximum atomic E-state index is 14.2. The van der Waals surface area contributed by atoms with Gasteiger partial charge in [-0.3, -0.25) is 4.79 Å². The molecule has 6 aliphatic rings. The quantitative estimate of drug-likeness (QED) is 0.438. The molecule has 0 amide bonds. The molecule has 0 aromatic rings. The number of ketones is 1. The molecule has 5 heteroatoms. The predicted molar refractivity (Wildman–Crippen MR) is 122 cm³/mol. The minimum absolute atomic E-state index is 0.00908. The van der Waals surface area contributed by atoms with Crippen LogP contribution in [-0.2, 0) is 4.79 Å². The van der Waals surface area contributed by atoms with Crippen LogP contribution in [-0.4, -0.2) is 51.5 Å². The largest absolute Gasteiger partial charge is 0.633 e. The average molecular weight is 446 g/mol. The van der Waals surface area contributed by atoms with E-state index in [-0.39, 0.29) is 34.0 Å². The van der Waals surface area contributed by atoms with Crippen LogP contribution < -0.4 is 0 Å². The number of aliphatic hydroxyl groups is 2. The van der Waals surface area contributed by atoms with Crippen LogP contribution in [0.1, 0.15) is 78.6 Å². The van der Waals surface area contributed by atoms with Gasteiger partial charge < -0.3 is 20.1 Å². The van der Waals surface area contributed by atoms with E-state index in [1.165, 1.54) is 0 Å². The number of nitrogens with zero attached hydrogens (tertiary/aromatic N) is 1. The summed E-state index contributed by atoms with van der Waals surface area (Å²) in [6.45, 7) is 7.87. The van der Waals surface area contributed by atoms with Crippen molar-refractivity contribution in [3.63, 3.8) is 0 Å². The average Bonchev–Trinajstić information content (AvgIpc) is 3.08. The van der Waals surface area contributed by atoms with E-state index in [1.54, 1.807) is 0 Å². The lowest BCUT2D eigenvalue weighted by Crippen LogP contribution is -2.73. The number of aliphatic hydroxyl groups excluding tert-OH is 1. The number of rotatable bonds is 0. The van der Waals surface area contributed by atoms with Crippen molar-refractivity contribution in [1.29, 1.82) is 0 Å². The maximum Gasteiger partial charge on any atom is 0.136 e. The van der Waals surface area contributed by atoms with Crippen molar-refractivity contribution < 1.29 is 19.7 Å². The molecule has 0 unspecified atom stereocenters. The Morgan fingerprint density at radius 1 is 0.938 bits per heavy atom. The lowest BCUT2D eigenvalue weighted by Gasteiger charge is -2.66. The smallest absolute Gasteiger partial charge is 0.136 e. The highest BCUT2D eigenvalue weighted by Crippen LogP contribution is 2.67.